The first kappa shape index (κ1) is 13.1. The molecule has 0 aliphatic heterocycles. The Hall–Kier alpha value is -2.55. The summed E-state index contributed by atoms with van der Waals surface area (Å²) in [7, 11) is 3.81. The number of rotatable bonds is 2. The third-order valence-electron chi connectivity index (χ3n) is 3.71. The molecule has 4 rings (SSSR count). The second-order valence-electron chi connectivity index (χ2n) is 5.19. The first-order valence-corrected chi connectivity index (χ1v) is 7.58. The van der Waals surface area contributed by atoms with Gasteiger partial charge in [-0.1, -0.05) is 11.3 Å². The van der Waals surface area contributed by atoms with E-state index in [2.05, 4.69) is 25.5 Å². The first-order valence-electron chi connectivity index (χ1n) is 6.76. The molecule has 9 heteroatoms. The normalized spacial score (nSPS) is 11.6. The summed E-state index contributed by atoms with van der Waals surface area (Å²) in [6.45, 7) is 3.98. The number of fused-ring (bicyclic) bond motifs is 1. The monoisotopic (exact) mass is 314 g/mol. The van der Waals surface area contributed by atoms with Crippen LogP contribution in [0, 0.1) is 13.8 Å². The van der Waals surface area contributed by atoms with Crippen LogP contribution < -0.4 is 0 Å². The van der Waals surface area contributed by atoms with E-state index in [0.29, 0.717) is 5.82 Å². The van der Waals surface area contributed by atoms with E-state index < -0.39 is 0 Å². The lowest BCUT2D eigenvalue weighted by Gasteiger charge is -1.96. The molecule has 0 aromatic carbocycles. The van der Waals surface area contributed by atoms with Crippen molar-refractivity contribution in [1.82, 2.24) is 39.4 Å². The van der Waals surface area contributed by atoms with Gasteiger partial charge < -0.3 is 0 Å². The van der Waals surface area contributed by atoms with Crippen LogP contribution in [-0.4, -0.2) is 39.4 Å². The van der Waals surface area contributed by atoms with Crippen LogP contribution in [0.4, 0.5) is 0 Å². The molecule has 0 N–H and O–H groups in total. The fraction of sp³-hybridized carbons (Fsp3) is 0.308. The minimum absolute atomic E-state index is 0.713. The van der Waals surface area contributed by atoms with Gasteiger partial charge in [-0.3, -0.25) is 9.36 Å². The third kappa shape index (κ3) is 1.78. The smallest absolute Gasteiger partial charge is 0.235 e. The average molecular weight is 314 g/mol. The number of nitrogens with zero attached hydrogens (tertiary/aromatic N) is 8. The highest BCUT2D eigenvalue weighted by atomic mass is 32.1. The Morgan fingerprint density at radius 1 is 1.05 bits per heavy atom. The molecule has 0 bridgehead atoms. The maximum atomic E-state index is 4.66. The number of hydrogen-bond donors (Lipinski definition) is 0. The predicted octanol–water partition coefficient (Wildman–Crippen LogP) is 1.60. The third-order valence-corrected chi connectivity index (χ3v) is 4.64. The first-order chi connectivity index (χ1) is 10.5. The fourth-order valence-electron chi connectivity index (χ4n) is 2.42. The summed E-state index contributed by atoms with van der Waals surface area (Å²) in [6.07, 6.45) is 3.76. The van der Waals surface area contributed by atoms with E-state index in [-0.39, 0.29) is 0 Å². The molecule has 0 aliphatic carbocycles. The van der Waals surface area contributed by atoms with Crippen molar-refractivity contribution in [3.63, 3.8) is 0 Å². The molecule has 0 fully saturated rings. The second-order valence-corrected chi connectivity index (χ2v) is 6.15. The van der Waals surface area contributed by atoms with Gasteiger partial charge in [-0.15, -0.1) is 10.2 Å². The van der Waals surface area contributed by atoms with Gasteiger partial charge in [-0.25, -0.2) is 0 Å². The van der Waals surface area contributed by atoms with E-state index in [1.165, 1.54) is 11.3 Å². The minimum Gasteiger partial charge on any atom is -0.275 e. The summed E-state index contributed by atoms with van der Waals surface area (Å²) in [5, 5.41) is 22.7. The maximum Gasteiger partial charge on any atom is 0.235 e. The number of hydrogen-bond acceptors (Lipinski definition) is 6. The highest BCUT2D eigenvalue weighted by Gasteiger charge is 2.19. The largest absolute Gasteiger partial charge is 0.275 e. The lowest BCUT2D eigenvalue weighted by Crippen LogP contribution is -1.95. The number of aryl methyl sites for hydroxylation is 3. The molecule has 0 amide bonds. The molecule has 0 aliphatic rings. The van der Waals surface area contributed by atoms with Gasteiger partial charge in [0.15, 0.2) is 10.8 Å². The lowest BCUT2D eigenvalue weighted by molar-refractivity contribution is 0.740. The predicted molar refractivity (Wildman–Crippen MR) is 82.5 cm³/mol. The summed E-state index contributed by atoms with van der Waals surface area (Å²) in [4.78, 5) is 0.761. The molecule has 0 radical (unpaired) electrons. The van der Waals surface area contributed by atoms with Gasteiger partial charge in [0.25, 0.3) is 0 Å². The summed E-state index contributed by atoms with van der Waals surface area (Å²) in [6, 6.07) is 0. The van der Waals surface area contributed by atoms with Crippen LogP contribution >= 0.6 is 11.3 Å². The Morgan fingerprint density at radius 3 is 2.50 bits per heavy atom. The van der Waals surface area contributed by atoms with Crippen LogP contribution in [0.3, 0.4) is 0 Å². The molecule has 0 atom stereocenters. The van der Waals surface area contributed by atoms with Crippen LogP contribution in [-0.2, 0) is 14.1 Å². The van der Waals surface area contributed by atoms with Gasteiger partial charge in [0.1, 0.15) is 0 Å². The molecule has 22 heavy (non-hydrogen) atoms. The molecule has 0 unspecified atom stereocenters. The van der Waals surface area contributed by atoms with Crippen molar-refractivity contribution in [3.8, 4) is 22.0 Å². The van der Waals surface area contributed by atoms with Crippen molar-refractivity contribution < 1.29 is 0 Å². The Bertz CT molecular complexity index is 985. The van der Waals surface area contributed by atoms with Crippen LogP contribution in [0.5, 0.6) is 0 Å². The van der Waals surface area contributed by atoms with Gasteiger partial charge in [0.05, 0.1) is 23.0 Å². The SMILES string of the molecule is Cc1nn(C)cc1-c1nn2c(-c3cnn(C)c3C)nnc2s1. The van der Waals surface area contributed by atoms with E-state index in [4.69, 9.17) is 0 Å². The van der Waals surface area contributed by atoms with E-state index in [0.717, 1.165) is 32.5 Å². The Labute approximate surface area is 130 Å². The van der Waals surface area contributed by atoms with E-state index >= 15 is 0 Å². The standard InChI is InChI=1S/C13H14N8S/c1-7-10(6-19(3)17-7)12-18-21-11(15-16-13(21)22-12)9-5-14-20(4)8(9)2/h5-6H,1-4H3. The van der Waals surface area contributed by atoms with Crippen molar-refractivity contribution in [2.24, 2.45) is 14.1 Å². The molecular weight excluding hydrogens is 300 g/mol. The quantitative estimate of drug-likeness (QED) is 0.561. The highest BCUT2D eigenvalue weighted by molar-refractivity contribution is 7.19. The van der Waals surface area contributed by atoms with Crippen LogP contribution in [0.15, 0.2) is 12.4 Å². The zero-order valence-electron chi connectivity index (χ0n) is 12.6. The van der Waals surface area contributed by atoms with Crippen molar-refractivity contribution >= 4 is 16.3 Å². The molecule has 4 aromatic heterocycles. The molecular formula is C13H14N8S. The molecule has 0 spiro atoms. The van der Waals surface area contributed by atoms with Crippen molar-refractivity contribution in [2.45, 2.75) is 13.8 Å². The van der Waals surface area contributed by atoms with Crippen LogP contribution in [0.1, 0.15) is 11.4 Å². The lowest BCUT2D eigenvalue weighted by atomic mass is 10.2. The molecule has 4 heterocycles. The van der Waals surface area contributed by atoms with Crippen LogP contribution in [0.25, 0.3) is 26.9 Å². The zero-order valence-corrected chi connectivity index (χ0v) is 13.5. The minimum atomic E-state index is 0.713. The molecule has 4 aromatic rings. The van der Waals surface area contributed by atoms with Gasteiger partial charge in [0, 0.05) is 26.0 Å². The highest BCUT2D eigenvalue weighted by Crippen LogP contribution is 2.30. The van der Waals surface area contributed by atoms with E-state index in [9.17, 15) is 0 Å². The maximum absolute atomic E-state index is 4.66. The summed E-state index contributed by atoms with van der Waals surface area (Å²) in [5.74, 6) is 0.713. The van der Waals surface area contributed by atoms with Crippen molar-refractivity contribution in [2.75, 3.05) is 0 Å². The summed E-state index contributed by atoms with van der Waals surface area (Å²) >= 11 is 1.50. The average Bonchev–Trinajstić information content (AvgIpc) is 3.18. The summed E-state index contributed by atoms with van der Waals surface area (Å²) < 4.78 is 5.38. The second kappa shape index (κ2) is 4.47. The molecule has 0 saturated heterocycles. The Morgan fingerprint density at radius 2 is 1.86 bits per heavy atom. The molecule has 8 nitrogen and oxygen atoms in total. The van der Waals surface area contributed by atoms with Crippen molar-refractivity contribution in [3.05, 3.63) is 23.8 Å². The van der Waals surface area contributed by atoms with Gasteiger partial charge in [-0.05, 0) is 13.8 Å². The molecule has 112 valence electrons. The van der Waals surface area contributed by atoms with E-state index in [1.807, 2.05) is 38.8 Å². The summed E-state index contributed by atoms with van der Waals surface area (Å²) in [5.41, 5.74) is 3.94. The van der Waals surface area contributed by atoms with Crippen LogP contribution in [0.2, 0.25) is 0 Å². The van der Waals surface area contributed by atoms with Gasteiger partial charge in [-0.2, -0.15) is 19.8 Å². The fourth-order valence-corrected chi connectivity index (χ4v) is 3.32. The molecule has 0 saturated carbocycles. The Balaban J connectivity index is 1.90. The zero-order chi connectivity index (χ0) is 15.4. The number of aromatic nitrogens is 8. The van der Waals surface area contributed by atoms with Gasteiger partial charge in [0.2, 0.25) is 4.96 Å². The topological polar surface area (TPSA) is 78.7 Å². The Kier molecular flexibility index (Phi) is 2.67. The van der Waals surface area contributed by atoms with Gasteiger partial charge >= 0.3 is 0 Å². The van der Waals surface area contributed by atoms with E-state index in [1.54, 1.807) is 15.4 Å². The van der Waals surface area contributed by atoms with Crippen molar-refractivity contribution in [1.29, 1.82) is 0 Å².